The largest absolute Gasteiger partial charge is 0.381 e. The van der Waals surface area contributed by atoms with Crippen LogP contribution in [0.1, 0.15) is 36.5 Å². The monoisotopic (exact) mass is 237 g/mol. The van der Waals surface area contributed by atoms with Gasteiger partial charge in [0, 0.05) is 12.7 Å². The number of aromatic nitrogens is 1. The Morgan fingerprint density at radius 3 is 2.94 bits per heavy atom. The zero-order valence-electron chi connectivity index (χ0n) is 9.79. The molecule has 1 aromatic rings. The minimum Gasteiger partial charge on any atom is -0.381 e. The molecule has 1 fully saturated rings. The second-order valence-electron chi connectivity index (χ2n) is 4.59. The van der Waals surface area contributed by atoms with Gasteiger partial charge in [-0.25, -0.2) is 9.37 Å². The van der Waals surface area contributed by atoms with Gasteiger partial charge in [-0.3, -0.25) is 4.79 Å². The lowest BCUT2D eigenvalue weighted by molar-refractivity contribution is 0.0940. The number of pyridine rings is 1. The van der Waals surface area contributed by atoms with Crippen LogP contribution in [0.4, 0.5) is 10.2 Å². The minimum absolute atomic E-state index is 0.0376. The molecule has 0 bridgehead atoms. The smallest absolute Gasteiger partial charge is 0.254 e. The van der Waals surface area contributed by atoms with Crippen LogP contribution in [0.15, 0.2) is 12.3 Å². The molecule has 92 valence electrons. The van der Waals surface area contributed by atoms with Gasteiger partial charge in [0.15, 0.2) is 11.6 Å². The Morgan fingerprint density at radius 1 is 1.65 bits per heavy atom. The van der Waals surface area contributed by atoms with E-state index in [-0.39, 0.29) is 16.8 Å². The van der Waals surface area contributed by atoms with E-state index in [2.05, 4.69) is 17.2 Å². The molecule has 0 spiro atoms. The third-order valence-corrected chi connectivity index (χ3v) is 3.49. The van der Waals surface area contributed by atoms with Crippen molar-refractivity contribution in [1.82, 2.24) is 10.3 Å². The van der Waals surface area contributed by atoms with Crippen molar-refractivity contribution in [3.05, 3.63) is 23.6 Å². The fourth-order valence-corrected chi connectivity index (χ4v) is 1.83. The molecule has 2 rings (SSSR count). The van der Waals surface area contributed by atoms with E-state index in [4.69, 9.17) is 5.73 Å². The van der Waals surface area contributed by atoms with Crippen molar-refractivity contribution < 1.29 is 9.18 Å². The zero-order chi connectivity index (χ0) is 12.5. The first kappa shape index (κ1) is 11.8. The average molecular weight is 237 g/mol. The zero-order valence-corrected chi connectivity index (χ0v) is 9.79. The molecule has 1 aliphatic rings. The summed E-state index contributed by atoms with van der Waals surface area (Å²) in [5.41, 5.74) is 5.52. The van der Waals surface area contributed by atoms with Gasteiger partial charge in [-0.05, 0) is 30.7 Å². The topological polar surface area (TPSA) is 68.0 Å². The van der Waals surface area contributed by atoms with Gasteiger partial charge in [0.2, 0.25) is 0 Å². The number of anilines is 1. The quantitative estimate of drug-likeness (QED) is 0.837. The van der Waals surface area contributed by atoms with Crippen LogP contribution in [0.2, 0.25) is 0 Å². The summed E-state index contributed by atoms with van der Waals surface area (Å²) in [6.07, 6.45) is 4.63. The van der Waals surface area contributed by atoms with Crippen molar-refractivity contribution in [2.75, 3.05) is 12.3 Å². The fourth-order valence-electron chi connectivity index (χ4n) is 1.83. The van der Waals surface area contributed by atoms with Crippen LogP contribution in [-0.4, -0.2) is 17.4 Å². The van der Waals surface area contributed by atoms with Crippen LogP contribution in [0.5, 0.6) is 0 Å². The van der Waals surface area contributed by atoms with Crippen LogP contribution in [0.3, 0.4) is 0 Å². The summed E-state index contributed by atoms with van der Waals surface area (Å²) in [5, 5.41) is 2.76. The number of nitrogens with one attached hydrogen (secondary N) is 1. The van der Waals surface area contributed by atoms with Crippen molar-refractivity contribution in [3.63, 3.8) is 0 Å². The van der Waals surface area contributed by atoms with Gasteiger partial charge < -0.3 is 11.1 Å². The van der Waals surface area contributed by atoms with Crippen molar-refractivity contribution in [3.8, 4) is 0 Å². The summed E-state index contributed by atoms with van der Waals surface area (Å²) in [6.45, 7) is 2.70. The Kier molecular flexibility index (Phi) is 3.00. The lowest BCUT2D eigenvalue weighted by atomic mass is 10.0. The lowest BCUT2D eigenvalue weighted by Crippen LogP contribution is -2.30. The molecule has 4 nitrogen and oxygen atoms in total. The summed E-state index contributed by atoms with van der Waals surface area (Å²) in [6, 6.07) is 1.34. The van der Waals surface area contributed by atoms with E-state index in [1.165, 1.54) is 12.3 Å². The van der Waals surface area contributed by atoms with E-state index < -0.39 is 11.7 Å². The van der Waals surface area contributed by atoms with E-state index in [1.807, 2.05) is 0 Å². The highest BCUT2D eigenvalue weighted by atomic mass is 19.1. The molecule has 1 amide bonds. The van der Waals surface area contributed by atoms with E-state index in [0.717, 1.165) is 19.3 Å². The standard InChI is InChI=1S/C12H16FN3O/c1-2-12(4-5-12)7-16-11(17)8-3-6-15-10(14)9(8)13/h3,6H,2,4-5,7H2,1H3,(H2,14,15)(H,16,17). The molecular weight excluding hydrogens is 221 g/mol. The molecule has 1 aromatic heterocycles. The van der Waals surface area contributed by atoms with Gasteiger partial charge in [0.25, 0.3) is 5.91 Å². The molecule has 17 heavy (non-hydrogen) atoms. The SMILES string of the molecule is CCC1(CNC(=O)c2ccnc(N)c2F)CC1. The van der Waals surface area contributed by atoms with Crippen LogP contribution >= 0.6 is 0 Å². The molecule has 0 radical (unpaired) electrons. The number of nitrogens with zero attached hydrogens (tertiary/aromatic N) is 1. The maximum Gasteiger partial charge on any atom is 0.254 e. The van der Waals surface area contributed by atoms with Gasteiger partial charge >= 0.3 is 0 Å². The van der Waals surface area contributed by atoms with E-state index >= 15 is 0 Å². The Balaban J connectivity index is 2.02. The number of halogens is 1. The number of nitrogen functional groups attached to an aromatic ring is 1. The van der Waals surface area contributed by atoms with Crippen molar-refractivity contribution in [1.29, 1.82) is 0 Å². The van der Waals surface area contributed by atoms with Crippen LogP contribution in [0, 0.1) is 11.2 Å². The van der Waals surface area contributed by atoms with Gasteiger partial charge in [0.1, 0.15) is 0 Å². The highest BCUT2D eigenvalue weighted by Gasteiger charge is 2.40. The third-order valence-electron chi connectivity index (χ3n) is 3.49. The first-order chi connectivity index (χ1) is 8.08. The summed E-state index contributed by atoms with van der Waals surface area (Å²) in [5.74, 6) is -1.41. The molecule has 0 saturated heterocycles. The molecule has 0 aromatic carbocycles. The molecule has 0 unspecified atom stereocenters. The summed E-state index contributed by atoms with van der Waals surface area (Å²) >= 11 is 0. The number of carbonyl (C=O) groups excluding carboxylic acids is 1. The van der Waals surface area contributed by atoms with Crippen molar-refractivity contribution in [2.45, 2.75) is 26.2 Å². The maximum atomic E-state index is 13.5. The van der Waals surface area contributed by atoms with Crippen molar-refractivity contribution >= 4 is 11.7 Å². The first-order valence-corrected chi connectivity index (χ1v) is 5.76. The van der Waals surface area contributed by atoms with Crippen LogP contribution in [-0.2, 0) is 0 Å². The maximum absolute atomic E-state index is 13.5. The summed E-state index contributed by atoms with van der Waals surface area (Å²) < 4.78 is 13.5. The Labute approximate surface area is 99.4 Å². The van der Waals surface area contributed by atoms with E-state index in [9.17, 15) is 9.18 Å². The van der Waals surface area contributed by atoms with E-state index in [0.29, 0.717) is 6.54 Å². The summed E-state index contributed by atoms with van der Waals surface area (Å²) in [4.78, 5) is 15.4. The fraction of sp³-hybridized carbons (Fsp3) is 0.500. The second kappa shape index (κ2) is 4.31. The van der Waals surface area contributed by atoms with Gasteiger partial charge in [0.05, 0.1) is 5.56 Å². The van der Waals surface area contributed by atoms with Gasteiger partial charge in [-0.2, -0.15) is 0 Å². The molecule has 3 N–H and O–H groups in total. The Morgan fingerprint density at radius 2 is 2.35 bits per heavy atom. The first-order valence-electron chi connectivity index (χ1n) is 5.76. The van der Waals surface area contributed by atoms with Crippen LogP contribution in [0.25, 0.3) is 0 Å². The number of hydrogen-bond acceptors (Lipinski definition) is 3. The predicted molar refractivity (Wildman–Crippen MR) is 62.9 cm³/mol. The highest BCUT2D eigenvalue weighted by molar-refractivity contribution is 5.95. The normalized spacial score (nSPS) is 16.6. The number of amides is 1. The van der Waals surface area contributed by atoms with Gasteiger partial charge in [-0.1, -0.05) is 6.92 Å². The highest BCUT2D eigenvalue weighted by Crippen LogP contribution is 2.47. The summed E-state index contributed by atoms with van der Waals surface area (Å²) in [7, 11) is 0. The number of carbonyl (C=O) groups is 1. The molecule has 1 aliphatic carbocycles. The third kappa shape index (κ3) is 2.38. The molecule has 5 heteroatoms. The van der Waals surface area contributed by atoms with E-state index in [1.54, 1.807) is 0 Å². The lowest BCUT2D eigenvalue weighted by Gasteiger charge is -2.13. The number of hydrogen-bond donors (Lipinski definition) is 2. The van der Waals surface area contributed by atoms with Gasteiger partial charge in [-0.15, -0.1) is 0 Å². The van der Waals surface area contributed by atoms with Crippen molar-refractivity contribution in [2.24, 2.45) is 5.41 Å². The van der Waals surface area contributed by atoms with Crippen LogP contribution < -0.4 is 11.1 Å². The molecule has 1 heterocycles. The molecule has 0 atom stereocenters. The molecule has 0 aliphatic heterocycles. The second-order valence-corrected chi connectivity index (χ2v) is 4.59. The minimum atomic E-state index is -0.744. The predicted octanol–water partition coefficient (Wildman–Crippen LogP) is 1.72. The number of rotatable bonds is 4. The molecule has 1 saturated carbocycles. The molecular formula is C12H16FN3O. The average Bonchev–Trinajstić information content (AvgIpc) is 3.10. The Hall–Kier alpha value is -1.65. The number of nitrogens with two attached hydrogens (primary N) is 1. The Bertz CT molecular complexity index is 443.